The molecule has 4 rings (SSSR count). The molecular weight excluding hydrogens is 478 g/mol. The number of nitrogens with one attached hydrogen (secondary N) is 1. The number of piperazine rings is 1. The summed E-state index contributed by atoms with van der Waals surface area (Å²) >= 11 is 8.29. The lowest BCUT2D eigenvalue weighted by Gasteiger charge is -2.34. The lowest BCUT2D eigenvalue weighted by atomic mass is 10.2. The molecule has 1 saturated heterocycles. The Hall–Kier alpha value is -2.26. The standard InChI is InChI=1S/C26H34ClN7S/c1-19-23(17-30-26-25(27)20(2)31-21(3)32-26)29-10-7-24(19)35-16-4-11-33-12-14-34(15-13-33)18-22-5-8-28-9-6-22/h5-10H,4,11-18H2,1-3H3,(H,30,31,32). The fraction of sp³-hybridized carbons (Fsp3) is 0.462. The van der Waals surface area contributed by atoms with E-state index in [-0.39, 0.29) is 0 Å². The van der Waals surface area contributed by atoms with Gasteiger partial charge in [0.2, 0.25) is 0 Å². The second kappa shape index (κ2) is 12.6. The Morgan fingerprint density at radius 3 is 2.49 bits per heavy atom. The molecule has 3 aromatic rings. The molecule has 0 aromatic carbocycles. The molecular formula is C26H34ClN7S. The Kier molecular flexibility index (Phi) is 9.31. The summed E-state index contributed by atoms with van der Waals surface area (Å²) in [7, 11) is 0. The Labute approximate surface area is 217 Å². The predicted octanol–water partition coefficient (Wildman–Crippen LogP) is 4.76. The first-order chi connectivity index (χ1) is 17.0. The molecule has 1 aliphatic rings. The van der Waals surface area contributed by atoms with Gasteiger partial charge in [0.15, 0.2) is 0 Å². The lowest BCUT2D eigenvalue weighted by molar-refractivity contribution is 0.127. The average molecular weight is 512 g/mol. The fourth-order valence-electron chi connectivity index (χ4n) is 4.26. The van der Waals surface area contributed by atoms with Crippen molar-refractivity contribution in [2.24, 2.45) is 0 Å². The van der Waals surface area contributed by atoms with Gasteiger partial charge in [-0.25, -0.2) is 9.97 Å². The molecule has 0 saturated carbocycles. The lowest BCUT2D eigenvalue weighted by Crippen LogP contribution is -2.46. The van der Waals surface area contributed by atoms with E-state index in [0.717, 1.165) is 56.4 Å². The van der Waals surface area contributed by atoms with Crippen LogP contribution < -0.4 is 5.32 Å². The van der Waals surface area contributed by atoms with E-state index in [4.69, 9.17) is 11.6 Å². The van der Waals surface area contributed by atoms with Crippen LogP contribution in [0.1, 0.15) is 34.8 Å². The highest BCUT2D eigenvalue weighted by atomic mass is 35.5. The van der Waals surface area contributed by atoms with Gasteiger partial charge in [0, 0.05) is 56.2 Å². The van der Waals surface area contributed by atoms with Crippen LogP contribution in [-0.4, -0.2) is 68.2 Å². The SMILES string of the molecule is Cc1nc(C)c(Cl)c(NCc2nccc(SCCCN3CCN(Cc4ccncc4)CC3)c2C)n1. The summed E-state index contributed by atoms with van der Waals surface area (Å²) in [4.78, 5) is 23.9. The second-order valence-electron chi connectivity index (χ2n) is 8.93. The van der Waals surface area contributed by atoms with Crippen molar-refractivity contribution in [3.8, 4) is 0 Å². The van der Waals surface area contributed by atoms with Gasteiger partial charge in [-0.1, -0.05) is 11.6 Å². The van der Waals surface area contributed by atoms with E-state index in [0.29, 0.717) is 23.2 Å². The van der Waals surface area contributed by atoms with E-state index >= 15 is 0 Å². The minimum Gasteiger partial charge on any atom is -0.363 e. The van der Waals surface area contributed by atoms with Crippen LogP contribution in [0.4, 0.5) is 5.82 Å². The van der Waals surface area contributed by atoms with Gasteiger partial charge in [-0.15, -0.1) is 11.8 Å². The molecule has 9 heteroatoms. The number of halogens is 1. The molecule has 186 valence electrons. The summed E-state index contributed by atoms with van der Waals surface area (Å²) in [6.07, 6.45) is 6.83. The number of aryl methyl sites for hydroxylation is 2. The topological polar surface area (TPSA) is 70.1 Å². The fourth-order valence-corrected chi connectivity index (χ4v) is 5.40. The normalized spacial score (nSPS) is 14.9. The van der Waals surface area contributed by atoms with E-state index in [2.05, 4.69) is 60.2 Å². The zero-order chi connectivity index (χ0) is 24.6. The first kappa shape index (κ1) is 25.8. The van der Waals surface area contributed by atoms with Crippen LogP contribution in [0.15, 0.2) is 41.7 Å². The number of pyridine rings is 2. The van der Waals surface area contributed by atoms with Crippen LogP contribution in [0.5, 0.6) is 0 Å². The third-order valence-electron chi connectivity index (χ3n) is 6.31. The first-order valence-corrected chi connectivity index (χ1v) is 13.5. The number of thioether (sulfide) groups is 1. The van der Waals surface area contributed by atoms with E-state index in [1.54, 1.807) is 0 Å². The van der Waals surface area contributed by atoms with Crippen LogP contribution in [0.25, 0.3) is 0 Å². The van der Waals surface area contributed by atoms with Gasteiger partial charge in [0.1, 0.15) is 16.7 Å². The number of anilines is 1. The molecule has 0 atom stereocenters. The zero-order valence-corrected chi connectivity index (χ0v) is 22.4. The summed E-state index contributed by atoms with van der Waals surface area (Å²) < 4.78 is 0. The van der Waals surface area contributed by atoms with Crippen LogP contribution in [0, 0.1) is 20.8 Å². The van der Waals surface area contributed by atoms with Crippen molar-refractivity contribution in [3.63, 3.8) is 0 Å². The maximum absolute atomic E-state index is 6.37. The van der Waals surface area contributed by atoms with Crippen molar-refractivity contribution >= 4 is 29.2 Å². The molecule has 3 aromatic heterocycles. The molecule has 0 aliphatic carbocycles. The van der Waals surface area contributed by atoms with Gasteiger partial charge in [-0.05, 0) is 68.8 Å². The molecule has 7 nitrogen and oxygen atoms in total. The van der Waals surface area contributed by atoms with E-state index in [1.807, 2.05) is 44.2 Å². The molecule has 0 unspecified atom stereocenters. The van der Waals surface area contributed by atoms with Gasteiger partial charge < -0.3 is 10.2 Å². The second-order valence-corrected chi connectivity index (χ2v) is 10.4. The zero-order valence-electron chi connectivity index (χ0n) is 20.8. The minimum atomic E-state index is 0.567. The third kappa shape index (κ3) is 7.36. The minimum absolute atomic E-state index is 0.567. The Bertz CT molecular complexity index is 1100. The van der Waals surface area contributed by atoms with Gasteiger partial charge >= 0.3 is 0 Å². The predicted molar refractivity (Wildman–Crippen MR) is 144 cm³/mol. The maximum atomic E-state index is 6.37. The van der Waals surface area contributed by atoms with E-state index < -0.39 is 0 Å². The van der Waals surface area contributed by atoms with E-state index in [9.17, 15) is 0 Å². The largest absolute Gasteiger partial charge is 0.363 e. The van der Waals surface area contributed by atoms with Gasteiger partial charge in [0.05, 0.1) is 17.9 Å². The summed E-state index contributed by atoms with van der Waals surface area (Å²) in [6.45, 7) is 13.2. The number of nitrogens with zero attached hydrogens (tertiary/aromatic N) is 6. The number of aromatic nitrogens is 4. The molecule has 0 radical (unpaired) electrons. The highest BCUT2D eigenvalue weighted by molar-refractivity contribution is 7.99. The van der Waals surface area contributed by atoms with Gasteiger partial charge in [-0.3, -0.25) is 14.9 Å². The highest BCUT2D eigenvalue weighted by Gasteiger charge is 2.17. The summed E-state index contributed by atoms with van der Waals surface area (Å²) in [5, 5.41) is 3.91. The summed E-state index contributed by atoms with van der Waals surface area (Å²) in [5.41, 5.74) is 4.36. The van der Waals surface area contributed by atoms with Crippen molar-refractivity contribution in [1.29, 1.82) is 0 Å². The van der Waals surface area contributed by atoms with Crippen LogP contribution >= 0.6 is 23.4 Å². The third-order valence-corrected chi connectivity index (χ3v) is 8.01. The van der Waals surface area contributed by atoms with Crippen molar-refractivity contribution < 1.29 is 0 Å². The summed E-state index contributed by atoms with van der Waals surface area (Å²) in [5.74, 6) is 2.47. The average Bonchev–Trinajstić information content (AvgIpc) is 2.86. The van der Waals surface area contributed by atoms with Gasteiger partial charge in [0.25, 0.3) is 0 Å². The van der Waals surface area contributed by atoms with Crippen molar-refractivity contribution in [2.75, 3.05) is 43.8 Å². The monoisotopic (exact) mass is 511 g/mol. The van der Waals surface area contributed by atoms with Crippen LogP contribution in [0.2, 0.25) is 5.02 Å². The van der Waals surface area contributed by atoms with Crippen molar-refractivity contribution in [3.05, 3.63) is 70.2 Å². The molecule has 1 N–H and O–H groups in total. The quantitative estimate of drug-likeness (QED) is 0.308. The number of rotatable bonds is 10. The number of hydrogen-bond donors (Lipinski definition) is 1. The molecule has 1 fully saturated rings. The first-order valence-electron chi connectivity index (χ1n) is 12.1. The van der Waals surface area contributed by atoms with Gasteiger partial charge in [-0.2, -0.15) is 0 Å². The number of hydrogen-bond acceptors (Lipinski definition) is 8. The summed E-state index contributed by atoms with van der Waals surface area (Å²) in [6, 6.07) is 6.34. The molecule has 0 amide bonds. The smallest absolute Gasteiger partial charge is 0.149 e. The Morgan fingerprint density at radius 2 is 1.71 bits per heavy atom. The Morgan fingerprint density at radius 1 is 0.971 bits per heavy atom. The van der Waals surface area contributed by atoms with Crippen LogP contribution in [-0.2, 0) is 13.1 Å². The molecule has 4 heterocycles. The molecule has 0 bridgehead atoms. The molecule has 0 spiro atoms. The Balaban J connectivity index is 1.20. The van der Waals surface area contributed by atoms with E-state index in [1.165, 1.54) is 22.4 Å². The van der Waals surface area contributed by atoms with Crippen LogP contribution in [0.3, 0.4) is 0 Å². The molecule has 35 heavy (non-hydrogen) atoms. The maximum Gasteiger partial charge on any atom is 0.149 e. The van der Waals surface area contributed by atoms with Crippen molar-refractivity contribution in [2.45, 2.75) is 45.2 Å². The molecule has 1 aliphatic heterocycles. The highest BCUT2D eigenvalue weighted by Crippen LogP contribution is 2.26. The van der Waals surface area contributed by atoms with Crippen molar-refractivity contribution in [1.82, 2.24) is 29.7 Å².